The molecule has 1 fully saturated rings. The third-order valence-corrected chi connectivity index (χ3v) is 2.77. The molecule has 0 saturated carbocycles. The molecule has 6 heteroatoms. The van der Waals surface area contributed by atoms with Crippen LogP contribution in [0.2, 0.25) is 0 Å². The third kappa shape index (κ3) is 2.81. The topological polar surface area (TPSA) is 92.6 Å². The van der Waals surface area contributed by atoms with Gasteiger partial charge in [0.2, 0.25) is 0 Å². The van der Waals surface area contributed by atoms with Crippen LogP contribution in [0.3, 0.4) is 0 Å². The number of carboxylic acid groups (broad SMARTS) is 1. The minimum absolute atomic E-state index is 0. The van der Waals surface area contributed by atoms with Crippen molar-refractivity contribution in [3.8, 4) is 0 Å². The number of hydrogen-bond acceptors (Lipinski definition) is 4. The van der Waals surface area contributed by atoms with Crippen LogP contribution in [0.25, 0.3) is 0 Å². The lowest BCUT2D eigenvalue weighted by molar-refractivity contribution is -0.141. The van der Waals surface area contributed by atoms with Gasteiger partial charge >= 0.3 is 5.97 Å². The number of piperidine rings is 1. The second-order valence-corrected chi connectivity index (χ2v) is 3.74. The standard InChI is InChI=1S/C8H17N3O2.ClH/c1-11-6(9)3-2-4-8(11,10)5-7(12)13;/h6H,2-5,9-10H2,1H3,(H,12,13);1H. The van der Waals surface area contributed by atoms with Crippen LogP contribution in [-0.4, -0.2) is 34.9 Å². The molecule has 0 amide bonds. The molecule has 1 aliphatic heterocycles. The van der Waals surface area contributed by atoms with Crippen molar-refractivity contribution in [3.05, 3.63) is 0 Å². The Morgan fingerprint density at radius 2 is 2.29 bits per heavy atom. The van der Waals surface area contributed by atoms with Crippen molar-refractivity contribution in [2.45, 2.75) is 37.5 Å². The summed E-state index contributed by atoms with van der Waals surface area (Å²) in [5.41, 5.74) is 11.0. The zero-order valence-electron chi connectivity index (χ0n) is 8.27. The molecule has 0 bridgehead atoms. The van der Waals surface area contributed by atoms with Gasteiger partial charge in [-0.2, -0.15) is 0 Å². The van der Waals surface area contributed by atoms with Crippen LogP contribution < -0.4 is 11.5 Å². The number of nitrogens with zero attached hydrogens (tertiary/aromatic N) is 1. The summed E-state index contributed by atoms with van der Waals surface area (Å²) >= 11 is 0. The summed E-state index contributed by atoms with van der Waals surface area (Å²) in [5.74, 6) is -0.872. The number of likely N-dealkylation sites (tertiary alicyclic amines) is 1. The summed E-state index contributed by atoms with van der Waals surface area (Å²) in [6, 6.07) is 0. The molecule has 1 rings (SSSR count). The van der Waals surface area contributed by atoms with Gasteiger partial charge in [-0.3, -0.25) is 9.69 Å². The molecule has 2 unspecified atom stereocenters. The highest BCUT2D eigenvalue weighted by molar-refractivity contribution is 5.85. The summed E-state index contributed by atoms with van der Waals surface area (Å²) in [5, 5.41) is 8.69. The average Bonchev–Trinajstić information content (AvgIpc) is 1.99. The van der Waals surface area contributed by atoms with Gasteiger partial charge in [-0.15, -0.1) is 12.4 Å². The lowest BCUT2D eigenvalue weighted by Gasteiger charge is -2.45. The maximum absolute atomic E-state index is 10.6. The molecule has 1 saturated heterocycles. The minimum atomic E-state index is -0.872. The smallest absolute Gasteiger partial charge is 0.306 e. The van der Waals surface area contributed by atoms with E-state index < -0.39 is 11.6 Å². The number of nitrogens with two attached hydrogens (primary N) is 2. The first-order valence-electron chi connectivity index (χ1n) is 4.45. The molecule has 1 heterocycles. The number of carboxylic acids is 1. The first kappa shape index (κ1) is 13.6. The Morgan fingerprint density at radius 1 is 1.71 bits per heavy atom. The van der Waals surface area contributed by atoms with Gasteiger partial charge in [0.1, 0.15) is 0 Å². The van der Waals surface area contributed by atoms with Crippen LogP contribution in [0.15, 0.2) is 0 Å². The molecule has 84 valence electrons. The molecule has 0 radical (unpaired) electrons. The maximum atomic E-state index is 10.6. The normalized spacial score (nSPS) is 33.5. The largest absolute Gasteiger partial charge is 0.481 e. The zero-order chi connectivity index (χ0) is 10.1. The lowest BCUT2D eigenvalue weighted by Crippen LogP contribution is -2.63. The third-order valence-electron chi connectivity index (χ3n) is 2.77. The maximum Gasteiger partial charge on any atom is 0.306 e. The van der Waals surface area contributed by atoms with E-state index in [-0.39, 0.29) is 25.0 Å². The number of rotatable bonds is 2. The first-order valence-corrected chi connectivity index (χ1v) is 4.45. The lowest BCUT2D eigenvalue weighted by atomic mass is 9.92. The molecule has 1 aliphatic rings. The van der Waals surface area contributed by atoms with E-state index in [4.69, 9.17) is 16.6 Å². The van der Waals surface area contributed by atoms with Gasteiger partial charge in [0.05, 0.1) is 18.2 Å². The zero-order valence-corrected chi connectivity index (χ0v) is 9.09. The molecule has 2 atom stereocenters. The quantitative estimate of drug-likeness (QED) is 0.610. The minimum Gasteiger partial charge on any atom is -0.481 e. The summed E-state index contributed by atoms with van der Waals surface area (Å²) < 4.78 is 0. The molecule has 0 aromatic carbocycles. The predicted octanol–water partition coefficient (Wildman–Crippen LogP) is -0.0616. The molecular weight excluding hydrogens is 206 g/mol. The SMILES string of the molecule is CN1C(N)CCCC1(N)CC(=O)O.Cl. The Balaban J connectivity index is 0.00000169. The van der Waals surface area contributed by atoms with Gasteiger partial charge in [-0.1, -0.05) is 0 Å². The first-order chi connectivity index (χ1) is 5.96. The van der Waals surface area contributed by atoms with Crippen molar-refractivity contribution < 1.29 is 9.90 Å². The molecule has 0 aromatic rings. The van der Waals surface area contributed by atoms with E-state index in [9.17, 15) is 4.79 Å². The second-order valence-electron chi connectivity index (χ2n) is 3.74. The van der Waals surface area contributed by atoms with Gasteiger partial charge in [-0.25, -0.2) is 0 Å². The van der Waals surface area contributed by atoms with Crippen LogP contribution in [-0.2, 0) is 4.79 Å². The van der Waals surface area contributed by atoms with Crippen molar-refractivity contribution in [2.24, 2.45) is 11.5 Å². The van der Waals surface area contributed by atoms with E-state index in [0.29, 0.717) is 6.42 Å². The monoisotopic (exact) mass is 223 g/mol. The average molecular weight is 224 g/mol. The fourth-order valence-electron chi connectivity index (χ4n) is 1.79. The second kappa shape index (κ2) is 4.93. The Bertz CT molecular complexity index is 215. The number of carbonyl (C=O) groups is 1. The van der Waals surface area contributed by atoms with Crippen molar-refractivity contribution in [1.29, 1.82) is 0 Å². The van der Waals surface area contributed by atoms with Crippen LogP contribution in [0.1, 0.15) is 25.7 Å². The Morgan fingerprint density at radius 3 is 2.79 bits per heavy atom. The Labute approximate surface area is 89.8 Å². The molecule has 0 aromatic heterocycles. The molecule has 0 spiro atoms. The number of aliphatic carboxylic acids is 1. The van der Waals surface area contributed by atoms with Crippen molar-refractivity contribution in [1.82, 2.24) is 4.90 Å². The molecule has 14 heavy (non-hydrogen) atoms. The highest BCUT2D eigenvalue weighted by Crippen LogP contribution is 2.27. The fourth-order valence-corrected chi connectivity index (χ4v) is 1.79. The van der Waals surface area contributed by atoms with Crippen LogP contribution >= 0.6 is 12.4 Å². The van der Waals surface area contributed by atoms with Gasteiger partial charge in [0, 0.05) is 0 Å². The van der Waals surface area contributed by atoms with Crippen LogP contribution in [0.5, 0.6) is 0 Å². The Kier molecular flexibility index (Phi) is 4.80. The molecule has 5 nitrogen and oxygen atoms in total. The molecular formula is C8H18ClN3O2. The number of halogens is 1. The highest BCUT2D eigenvalue weighted by Gasteiger charge is 2.38. The molecule has 0 aliphatic carbocycles. The van der Waals surface area contributed by atoms with E-state index in [1.807, 2.05) is 0 Å². The van der Waals surface area contributed by atoms with Crippen molar-refractivity contribution in [2.75, 3.05) is 7.05 Å². The van der Waals surface area contributed by atoms with Gasteiger partial charge in [-0.05, 0) is 26.3 Å². The Hall–Kier alpha value is -0.360. The highest BCUT2D eigenvalue weighted by atomic mass is 35.5. The summed E-state index contributed by atoms with van der Waals surface area (Å²) in [6.45, 7) is 0. The van der Waals surface area contributed by atoms with Crippen LogP contribution in [0.4, 0.5) is 0 Å². The van der Waals surface area contributed by atoms with Gasteiger partial charge < -0.3 is 16.6 Å². The fraction of sp³-hybridized carbons (Fsp3) is 0.875. The van der Waals surface area contributed by atoms with Crippen molar-refractivity contribution in [3.63, 3.8) is 0 Å². The predicted molar refractivity (Wildman–Crippen MR) is 56.0 cm³/mol. The summed E-state index contributed by atoms with van der Waals surface area (Å²) in [6.07, 6.45) is 2.32. The van der Waals surface area contributed by atoms with Crippen molar-refractivity contribution >= 4 is 18.4 Å². The number of hydrogen-bond donors (Lipinski definition) is 3. The van der Waals surface area contributed by atoms with Gasteiger partial charge in [0.25, 0.3) is 0 Å². The van der Waals surface area contributed by atoms with E-state index >= 15 is 0 Å². The van der Waals surface area contributed by atoms with E-state index in [1.54, 1.807) is 11.9 Å². The van der Waals surface area contributed by atoms with E-state index in [2.05, 4.69) is 0 Å². The van der Waals surface area contributed by atoms with E-state index in [0.717, 1.165) is 12.8 Å². The summed E-state index contributed by atoms with van der Waals surface area (Å²) in [4.78, 5) is 12.3. The van der Waals surface area contributed by atoms with Crippen LogP contribution in [0, 0.1) is 0 Å². The van der Waals surface area contributed by atoms with Gasteiger partial charge in [0.15, 0.2) is 0 Å². The van der Waals surface area contributed by atoms with E-state index in [1.165, 1.54) is 0 Å². The molecule has 5 N–H and O–H groups in total. The summed E-state index contributed by atoms with van der Waals surface area (Å²) in [7, 11) is 1.78.